The summed E-state index contributed by atoms with van der Waals surface area (Å²) in [7, 11) is 32.0. The van der Waals surface area contributed by atoms with Crippen molar-refractivity contribution in [3.05, 3.63) is 103 Å². The van der Waals surface area contributed by atoms with Gasteiger partial charge >= 0.3 is 0 Å². The first-order valence-electron chi connectivity index (χ1n) is 13.0. The Morgan fingerprint density at radius 2 is 0.875 bits per heavy atom. The first-order valence-corrected chi connectivity index (χ1v) is 13.0. The number of aromatic nitrogens is 2. The molecule has 10 radical (unpaired) electrons. The van der Waals surface area contributed by atoms with Gasteiger partial charge in [-0.1, -0.05) is 89.8 Å². The van der Waals surface area contributed by atoms with Crippen molar-refractivity contribution >= 4 is 99.1 Å². The summed E-state index contributed by atoms with van der Waals surface area (Å²) < 4.78 is 2.21. The maximum atomic E-state index is 6.61. The minimum atomic E-state index is 0.195. The number of hydrogen-bond donors (Lipinski definition) is 0. The van der Waals surface area contributed by atoms with Crippen LogP contribution in [0.25, 0.3) is 60.8 Å². The minimum Gasteiger partial charge on any atom is -0.292 e. The van der Waals surface area contributed by atoms with Crippen molar-refractivity contribution in [2.75, 3.05) is 0 Å². The Kier molecular flexibility index (Phi) is 5.78. The van der Waals surface area contributed by atoms with E-state index in [-0.39, 0.29) is 16.4 Å². The van der Waals surface area contributed by atoms with E-state index in [2.05, 4.69) is 47.0 Å². The predicted octanol–water partition coefficient (Wildman–Crippen LogP) is 2.63. The molecule has 0 N–H and O–H groups in total. The van der Waals surface area contributed by atoms with E-state index in [1.54, 1.807) is 0 Å². The first-order chi connectivity index (χ1) is 19.5. The van der Waals surface area contributed by atoms with Crippen molar-refractivity contribution in [2.45, 2.75) is 0 Å². The van der Waals surface area contributed by atoms with E-state index >= 15 is 0 Å². The van der Waals surface area contributed by atoms with Gasteiger partial charge in [0, 0.05) is 11.3 Å². The molecule has 0 fully saturated rings. The fourth-order valence-electron chi connectivity index (χ4n) is 5.79. The number of imidazole rings is 1. The Hall–Kier alpha value is -4.37. The molecule has 6 aromatic carbocycles. The molecule has 0 aliphatic rings. The molecule has 0 unspecified atom stereocenters. The zero-order valence-electron chi connectivity index (χ0n) is 21.6. The fraction of sp³-hybridized carbons (Fsp3) is 0. The van der Waals surface area contributed by atoms with Crippen molar-refractivity contribution in [3.63, 3.8) is 0 Å². The summed E-state index contributed by atoms with van der Waals surface area (Å²) in [5.74, 6) is 0.837. The lowest BCUT2D eigenvalue weighted by Gasteiger charge is -2.25. The molecular formula is C33H17B5N2. The second-order valence-electron chi connectivity index (χ2n) is 9.88. The third-order valence-electron chi connectivity index (χ3n) is 7.68. The standard InChI is InChI=1S/C33H17B5N2/c34-28-27(29(35)31(37)32(38)30(28)36)25-19-12-4-6-14-21(19)26(22-15-7-5-13-20(22)25)33-39-23-16-8-9-17-24(23)40(33)18-10-2-1-3-11-18/h1-17H. The van der Waals surface area contributed by atoms with Crippen LogP contribution in [-0.2, 0) is 0 Å². The summed E-state index contributed by atoms with van der Waals surface area (Å²) in [4.78, 5) is 5.19. The quantitative estimate of drug-likeness (QED) is 0.272. The lowest BCUT2D eigenvalue weighted by Crippen LogP contribution is -2.55. The molecule has 0 aliphatic carbocycles. The Balaban J connectivity index is 1.69. The van der Waals surface area contributed by atoms with Crippen LogP contribution in [0, 0.1) is 0 Å². The number of hydrogen-bond acceptors (Lipinski definition) is 1. The molecular weight excluding hydrogens is 478 g/mol. The molecule has 1 aromatic heterocycles. The largest absolute Gasteiger partial charge is 0.292 e. The minimum absolute atomic E-state index is 0.195. The van der Waals surface area contributed by atoms with Crippen LogP contribution in [0.4, 0.5) is 0 Å². The number of fused-ring (bicyclic) bond motifs is 3. The molecule has 0 atom stereocenters. The summed E-state index contributed by atoms with van der Waals surface area (Å²) in [6.45, 7) is 0. The maximum absolute atomic E-state index is 6.61. The molecule has 7 rings (SSSR count). The highest BCUT2D eigenvalue weighted by Crippen LogP contribution is 2.43. The fourth-order valence-corrected chi connectivity index (χ4v) is 5.79. The molecule has 0 saturated heterocycles. The number of benzene rings is 6. The van der Waals surface area contributed by atoms with E-state index in [9.17, 15) is 0 Å². The van der Waals surface area contributed by atoms with Gasteiger partial charge in [-0.25, -0.2) is 4.98 Å². The van der Waals surface area contributed by atoms with Crippen LogP contribution in [-0.4, -0.2) is 48.8 Å². The summed E-state index contributed by atoms with van der Waals surface area (Å²) in [6.07, 6.45) is 0. The van der Waals surface area contributed by atoms with Crippen molar-refractivity contribution in [1.29, 1.82) is 0 Å². The zero-order valence-corrected chi connectivity index (χ0v) is 21.6. The van der Waals surface area contributed by atoms with Gasteiger partial charge in [0.25, 0.3) is 0 Å². The van der Waals surface area contributed by atoms with Gasteiger partial charge in [0.2, 0.25) is 0 Å². The molecule has 40 heavy (non-hydrogen) atoms. The van der Waals surface area contributed by atoms with Crippen LogP contribution in [0.2, 0.25) is 0 Å². The second kappa shape index (κ2) is 9.38. The topological polar surface area (TPSA) is 17.8 Å². The predicted molar refractivity (Wildman–Crippen MR) is 174 cm³/mol. The van der Waals surface area contributed by atoms with Crippen LogP contribution in [0.5, 0.6) is 0 Å². The number of nitrogens with zero attached hydrogens (tertiary/aromatic N) is 2. The summed E-state index contributed by atoms with van der Waals surface area (Å²) >= 11 is 0. The highest BCUT2D eigenvalue weighted by atomic mass is 15.1. The SMILES string of the molecule is [B]c1c([B])c([B])c(-c2c3ccccc3c(-c3nc4ccccc4n3-c3ccccc3)c3ccccc23)c([B])c1[B]. The Labute approximate surface area is 239 Å². The van der Waals surface area contributed by atoms with Gasteiger partial charge in [-0.2, -0.15) is 0 Å². The van der Waals surface area contributed by atoms with Crippen molar-refractivity contribution < 1.29 is 0 Å². The van der Waals surface area contributed by atoms with Crippen molar-refractivity contribution in [1.82, 2.24) is 9.55 Å². The molecule has 7 heteroatoms. The van der Waals surface area contributed by atoms with Gasteiger partial charge in [0.1, 0.15) is 45.1 Å². The van der Waals surface area contributed by atoms with Crippen molar-refractivity contribution in [2.24, 2.45) is 0 Å². The first kappa shape index (κ1) is 24.7. The monoisotopic (exact) mass is 496 g/mol. The smallest absolute Gasteiger partial charge is 0.146 e. The molecule has 0 aliphatic heterocycles. The van der Waals surface area contributed by atoms with Gasteiger partial charge < -0.3 is 0 Å². The van der Waals surface area contributed by atoms with Crippen LogP contribution < -0.4 is 27.3 Å². The highest BCUT2D eigenvalue weighted by molar-refractivity contribution is 6.69. The van der Waals surface area contributed by atoms with Crippen LogP contribution in [0.1, 0.15) is 0 Å². The van der Waals surface area contributed by atoms with E-state index in [4.69, 9.17) is 44.2 Å². The summed E-state index contributed by atoms with van der Waals surface area (Å²) in [5.41, 5.74) is 6.66. The van der Waals surface area contributed by atoms with Gasteiger partial charge in [0.15, 0.2) is 0 Å². The zero-order chi connectivity index (χ0) is 27.5. The van der Waals surface area contributed by atoms with Gasteiger partial charge in [0.05, 0.1) is 11.0 Å². The third-order valence-corrected chi connectivity index (χ3v) is 7.68. The molecule has 2 nitrogen and oxygen atoms in total. The Morgan fingerprint density at radius 1 is 0.425 bits per heavy atom. The molecule has 0 saturated carbocycles. The number of rotatable bonds is 3. The van der Waals surface area contributed by atoms with E-state index in [0.29, 0.717) is 16.5 Å². The van der Waals surface area contributed by atoms with Gasteiger partial charge in [-0.3, -0.25) is 4.57 Å². The van der Waals surface area contributed by atoms with Gasteiger partial charge in [-0.05, 0) is 56.9 Å². The lowest BCUT2D eigenvalue weighted by atomic mass is 9.59. The van der Waals surface area contributed by atoms with E-state index in [1.807, 2.05) is 60.7 Å². The Morgan fingerprint density at radius 3 is 1.45 bits per heavy atom. The summed E-state index contributed by atoms with van der Waals surface area (Å²) in [5, 5.41) is 3.89. The molecule has 7 aromatic rings. The second-order valence-corrected chi connectivity index (χ2v) is 9.88. The number of para-hydroxylation sites is 3. The highest BCUT2D eigenvalue weighted by Gasteiger charge is 2.23. The molecule has 0 bridgehead atoms. The van der Waals surface area contributed by atoms with Crippen LogP contribution >= 0.6 is 0 Å². The van der Waals surface area contributed by atoms with E-state index in [1.165, 1.54) is 0 Å². The average molecular weight is 496 g/mol. The van der Waals surface area contributed by atoms with Crippen molar-refractivity contribution in [3.8, 4) is 28.2 Å². The van der Waals surface area contributed by atoms with Gasteiger partial charge in [-0.15, -0.1) is 16.4 Å². The Bertz CT molecular complexity index is 2030. The average Bonchev–Trinajstić information content (AvgIpc) is 3.38. The summed E-state index contributed by atoms with van der Waals surface area (Å²) in [6, 6.07) is 34.9. The van der Waals surface area contributed by atoms with E-state index in [0.717, 1.165) is 55.2 Å². The van der Waals surface area contributed by atoms with Crippen LogP contribution in [0.15, 0.2) is 103 Å². The lowest BCUT2D eigenvalue weighted by molar-refractivity contribution is 1.11. The molecule has 0 spiro atoms. The maximum Gasteiger partial charge on any atom is 0.146 e. The van der Waals surface area contributed by atoms with E-state index < -0.39 is 0 Å². The normalized spacial score (nSPS) is 11.5. The van der Waals surface area contributed by atoms with Crippen LogP contribution in [0.3, 0.4) is 0 Å². The molecule has 174 valence electrons. The third kappa shape index (κ3) is 3.54. The molecule has 0 amide bonds. The molecule has 1 heterocycles.